The van der Waals surface area contributed by atoms with Gasteiger partial charge in [0.05, 0.1) is 13.0 Å². The molecule has 0 heterocycles. The summed E-state index contributed by atoms with van der Waals surface area (Å²) in [4.78, 5) is 10.5. The number of ether oxygens (including phenoxy) is 1. The van der Waals surface area contributed by atoms with Crippen molar-refractivity contribution in [2.45, 2.75) is 13.0 Å². The lowest BCUT2D eigenvalue weighted by molar-refractivity contribution is -0.136. The van der Waals surface area contributed by atoms with Crippen molar-refractivity contribution in [3.05, 3.63) is 27.7 Å². The summed E-state index contributed by atoms with van der Waals surface area (Å²) in [5.41, 5.74) is 0.951. The lowest BCUT2D eigenvalue weighted by atomic mass is 10.1. The molecule has 0 aliphatic rings. The molecule has 1 aromatic carbocycles. The van der Waals surface area contributed by atoms with Gasteiger partial charge in [0, 0.05) is 22.7 Å². The molecule has 82 valence electrons. The van der Waals surface area contributed by atoms with E-state index in [4.69, 9.17) is 9.84 Å². The SMILES string of the molecule is COCc1cc(Br)cc(CC(=O)O)c1O. The number of phenolic OH excluding ortho intramolecular Hbond substituents is 1. The van der Waals surface area contributed by atoms with E-state index in [-0.39, 0.29) is 18.8 Å². The summed E-state index contributed by atoms with van der Waals surface area (Å²) in [6.45, 7) is 0.248. The minimum Gasteiger partial charge on any atom is -0.507 e. The molecule has 0 radical (unpaired) electrons. The van der Waals surface area contributed by atoms with Gasteiger partial charge in [0.25, 0.3) is 0 Å². The van der Waals surface area contributed by atoms with E-state index in [0.717, 1.165) is 4.47 Å². The van der Waals surface area contributed by atoms with Crippen molar-refractivity contribution in [1.29, 1.82) is 0 Å². The predicted octanol–water partition coefficient (Wildman–Crippen LogP) is 1.93. The summed E-state index contributed by atoms with van der Waals surface area (Å²) in [7, 11) is 1.51. The third kappa shape index (κ3) is 3.21. The highest BCUT2D eigenvalue weighted by atomic mass is 79.9. The van der Waals surface area contributed by atoms with E-state index in [9.17, 15) is 9.90 Å². The van der Waals surface area contributed by atoms with Crippen LogP contribution in [0, 0.1) is 0 Å². The average Bonchev–Trinajstić information content (AvgIpc) is 2.12. The molecule has 15 heavy (non-hydrogen) atoms. The molecule has 5 heteroatoms. The lowest BCUT2D eigenvalue weighted by Gasteiger charge is -2.08. The number of halogens is 1. The number of methoxy groups -OCH3 is 1. The van der Waals surface area contributed by atoms with Crippen LogP contribution in [0.2, 0.25) is 0 Å². The van der Waals surface area contributed by atoms with Crippen LogP contribution in [0.1, 0.15) is 11.1 Å². The largest absolute Gasteiger partial charge is 0.507 e. The highest BCUT2D eigenvalue weighted by Crippen LogP contribution is 2.28. The molecule has 0 fully saturated rings. The zero-order valence-electron chi connectivity index (χ0n) is 8.16. The highest BCUT2D eigenvalue weighted by Gasteiger charge is 2.11. The van der Waals surface area contributed by atoms with E-state index in [1.54, 1.807) is 12.1 Å². The van der Waals surface area contributed by atoms with Gasteiger partial charge in [-0.25, -0.2) is 0 Å². The van der Waals surface area contributed by atoms with Crippen molar-refractivity contribution >= 4 is 21.9 Å². The molecule has 1 aromatic rings. The standard InChI is InChI=1S/C10H11BrO4/c1-15-5-7-3-8(11)2-6(10(7)14)4-9(12)13/h2-3,14H,4-5H2,1H3,(H,12,13). The fraction of sp³-hybridized carbons (Fsp3) is 0.300. The van der Waals surface area contributed by atoms with Gasteiger partial charge in [-0.1, -0.05) is 15.9 Å². The molecule has 0 saturated heterocycles. The van der Waals surface area contributed by atoms with Gasteiger partial charge in [0.2, 0.25) is 0 Å². The van der Waals surface area contributed by atoms with Crippen molar-refractivity contribution < 1.29 is 19.7 Å². The Morgan fingerprint density at radius 2 is 2.07 bits per heavy atom. The van der Waals surface area contributed by atoms with Crippen molar-refractivity contribution in [2.24, 2.45) is 0 Å². The van der Waals surface area contributed by atoms with Gasteiger partial charge in [0.1, 0.15) is 5.75 Å². The molecule has 0 atom stereocenters. The maximum atomic E-state index is 10.5. The first-order valence-corrected chi connectivity index (χ1v) is 5.05. The lowest BCUT2D eigenvalue weighted by Crippen LogP contribution is -2.02. The normalized spacial score (nSPS) is 10.3. The van der Waals surface area contributed by atoms with E-state index < -0.39 is 5.97 Å². The van der Waals surface area contributed by atoms with Gasteiger partial charge in [-0.05, 0) is 12.1 Å². The van der Waals surface area contributed by atoms with Gasteiger partial charge in [-0.3, -0.25) is 4.79 Å². The number of rotatable bonds is 4. The molecule has 0 bridgehead atoms. The number of aromatic hydroxyl groups is 1. The minimum absolute atomic E-state index is 0.0116. The van der Waals surface area contributed by atoms with Crippen LogP contribution in [-0.4, -0.2) is 23.3 Å². The van der Waals surface area contributed by atoms with Crippen molar-refractivity contribution in [2.75, 3.05) is 7.11 Å². The van der Waals surface area contributed by atoms with Crippen LogP contribution in [0.5, 0.6) is 5.75 Å². The number of carboxylic acids is 1. The number of benzene rings is 1. The van der Waals surface area contributed by atoms with E-state index in [1.165, 1.54) is 7.11 Å². The predicted molar refractivity (Wildman–Crippen MR) is 57.9 cm³/mol. The van der Waals surface area contributed by atoms with Gasteiger partial charge in [-0.15, -0.1) is 0 Å². The molecule has 0 aromatic heterocycles. The molecule has 0 spiro atoms. The Balaban J connectivity index is 3.09. The first kappa shape index (κ1) is 12.0. The van der Waals surface area contributed by atoms with E-state index in [2.05, 4.69) is 15.9 Å². The Morgan fingerprint density at radius 1 is 1.47 bits per heavy atom. The number of carboxylic acid groups (broad SMARTS) is 1. The van der Waals surface area contributed by atoms with Crippen LogP contribution in [0.25, 0.3) is 0 Å². The van der Waals surface area contributed by atoms with Crippen LogP contribution in [0.15, 0.2) is 16.6 Å². The first-order valence-electron chi connectivity index (χ1n) is 4.25. The summed E-state index contributed by atoms with van der Waals surface area (Å²) in [5.74, 6) is -0.991. The van der Waals surface area contributed by atoms with Crippen molar-refractivity contribution in [3.8, 4) is 5.75 Å². The second-order valence-electron chi connectivity index (χ2n) is 3.08. The minimum atomic E-state index is -0.980. The average molecular weight is 275 g/mol. The topological polar surface area (TPSA) is 66.8 Å². The number of phenols is 1. The summed E-state index contributed by atoms with van der Waals surface area (Å²) >= 11 is 3.25. The van der Waals surface area contributed by atoms with E-state index in [0.29, 0.717) is 11.1 Å². The Hall–Kier alpha value is -1.07. The highest BCUT2D eigenvalue weighted by molar-refractivity contribution is 9.10. The summed E-state index contributed by atoms with van der Waals surface area (Å²) < 4.78 is 5.62. The first-order chi connectivity index (χ1) is 7.04. The van der Waals surface area contributed by atoms with Crippen LogP contribution in [0.4, 0.5) is 0 Å². The van der Waals surface area contributed by atoms with Crippen LogP contribution < -0.4 is 0 Å². The fourth-order valence-corrected chi connectivity index (χ4v) is 1.83. The second kappa shape index (κ2) is 5.14. The Morgan fingerprint density at radius 3 is 2.60 bits per heavy atom. The smallest absolute Gasteiger partial charge is 0.307 e. The second-order valence-corrected chi connectivity index (χ2v) is 3.99. The van der Waals surface area contributed by atoms with Crippen LogP contribution in [-0.2, 0) is 22.6 Å². The monoisotopic (exact) mass is 274 g/mol. The Labute approximate surface area is 95.6 Å². The van der Waals surface area contributed by atoms with Gasteiger partial charge in [-0.2, -0.15) is 0 Å². The molecule has 1 rings (SSSR count). The number of aliphatic carboxylic acids is 1. The fourth-order valence-electron chi connectivity index (χ4n) is 1.28. The van der Waals surface area contributed by atoms with Crippen molar-refractivity contribution in [3.63, 3.8) is 0 Å². The molecular formula is C10H11BrO4. The zero-order valence-corrected chi connectivity index (χ0v) is 9.74. The summed E-state index contributed by atoms with van der Waals surface area (Å²) in [5, 5.41) is 18.4. The third-order valence-corrected chi connectivity index (χ3v) is 2.33. The number of hydrogen-bond acceptors (Lipinski definition) is 3. The zero-order chi connectivity index (χ0) is 11.4. The van der Waals surface area contributed by atoms with Gasteiger partial charge >= 0.3 is 5.97 Å². The molecule has 0 unspecified atom stereocenters. The van der Waals surface area contributed by atoms with Crippen LogP contribution in [0.3, 0.4) is 0 Å². The van der Waals surface area contributed by atoms with Crippen molar-refractivity contribution in [1.82, 2.24) is 0 Å². The molecule has 2 N–H and O–H groups in total. The van der Waals surface area contributed by atoms with Gasteiger partial charge < -0.3 is 14.9 Å². The Bertz CT molecular complexity index is 376. The molecule has 0 amide bonds. The Kier molecular flexibility index (Phi) is 4.11. The van der Waals surface area contributed by atoms with Crippen LogP contribution >= 0.6 is 15.9 Å². The summed E-state index contributed by atoms with van der Waals surface area (Å²) in [6, 6.07) is 3.28. The third-order valence-electron chi connectivity index (χ3n) is 1.87. The maximum Gasteiger partial charge on any atom is 0.307 e. The number of hydrogen-bond donors (Lipinski definition) is 2. The van der Waals surface area contributed by atoms with E-state index >= 15 is 0 Å². The molecule has 4 nitrogen and oxygen atoms in total. The molecule has 0 aliphatic carbocycles. The van der Waals surface area contributed by atoms with Gasteiger partial charge in [0.15, 0.2) is 0 Å². The molecular weight excluding hydrogens is 264 g/mol. The number of carbonyl (C=O) groups is 1. The molecule has 0 aliphatic heterocycles. The summed E-state index contributed by atoms with van der Waals surface area (Å²) in [6.07, 6.45) is -0.206. The van der Waals surface area contributed by atoms with E-state index in [1.807, 2.05) is 0 Å². The quantitative estimate of drug-likeness (QED) is 0.881. The maximum absolute atomic E-state index is 10.5. The molecule has 0 saturated carbocycles.